The molecule has 0 saturated heterocycles. The van der Waals surface area contributed by atoms with Gasteiger partial charge >= 0.3 is 6.03 Å². The van der Waals surface area contributed by atoms with Gasteiger partial charge in [0.05, 0.1) is 12.6 Å². The van der Waals surface area contributed by atoms with Crippen LogP contribution in [0.25, 0.3) is 0 Å². The number of rotatable bonds is 9. The number of carbonyl (C=O) groups excluding carboxylic acids is 2. The number of amides is 3. The zero-order valence-electron chi connectivity index (χ0n) is 18.4. The summed E-state index contributed by atoms with van der Waals surface area (Å²) in [4.78, 5) is 28.6. The van der Waals surface area contributed by atoms with E-state index in [2.05, 4.69) is 10.6 Å². The van der Waals surface area contributed by atoms with E-state index in [0.29, 0.717) is 18.8 Å². The Bertz CT molecular complexity index is 840. The Morgan fingerprint density at radius 1 is 1.10 bits per heavy atom. The van der Waals surface area contributed by atoms with Crippen LogP contribution in [-0.2, 0) is 16.1 Å². The van der Waals surface area contributed by atoms with E-state index in [1.54, 1.807) is 0 Å². The molecule has 0 radical (unpaired) electrons. The Morgan fingerprint density at radius 3 is 2.40 bits per heavy atom. The molecule has 0 aliphatic heterocycles. The summed E-state index contributed by atoms with van der Waals surface area (Å²) in [6, 6.07) is 15.4. The van der Waals surface area contributed by atoms with Crippen LogP contribution in [0.5, 0.6) is 0 Å². The highest BCUT2D eigenvalue weighted by Crippen LogP contribution is 2.28. The molecule has 0 aliphatic carbocycles. The van der Waals surface area contributed by atoms with Gasteiger partial charge in [0.25, 0.3) is 0 Å². The molecule has 0 aromatic heterocycles. The largest absolute Gasteiger partial charge is 0.377 e. The first-order valence-corrected chi connectivity index (χ1v) is 10.1. The molecule has 0 saturated carbocycles. The van der Waals surface area contributed by atoms with Crippen molar-refractivity contribution in [3.63, 3.8) is 0 Å². The van der Waals surface area contributed by atoms with E-state index < -0.39 is 0 Å². The standard InChI is InChI=1S/C23H32N4O3/c1-6-24-23(29)27(17(2)18-10-8-7-9-11-18)15-19-14-20(25-22(28)16-30-5)12-13-21(19)26(3)4/h7-14,17H,6,15-16H2,1-5H3,(H,24,29)(H,25,28)/t17-/m1/s1. The van der Waals surface area contributed by atoms with Crippen molar-refractivity contribution >= 4 is 23.3 Å². The zero-order chi connectivity index (χ0) is 22.1. The van der Waals surface area contributed by atoms with Crippen LogP contribution < -0.4 is 15.5 Å². The predicted octanol–water partition coefficient (Wildman–Crippen LogP) is 3.63. The van der Waals surface area contributed by atoms with Gasteiger partial charge in [-0.25, -0.2) is 4.79 Å². The van der Waals surface area contributed by atoms with Crippen LogP contribution >= 0.6 is 0 Å². The molecule has 0 spiro atoms. The molecule has 0 fully saturated rings. The van der Waals surface area contributed by atoms with E-state index in [1.807, 2.05) is 86.3 Å². The van der Waals surface area contributed by atoms with Gasteiger partial charge in [-0.15, -0.1) is 0 Å². The van der Waals surface area contributed by atoms with Crippen LogP contribution in [0.4, 0.5) is 16.2 Å². The Hall–Kier alpha value is -3.06. The van der Waals surface area contributed by atoms with Crippen LogP contribution in [0.15, 0.2) is 48.5 Å². The molecule has 2 N–H and O–H groups in total. The number of nitrogens with one attached hydrogen (secondary N) is 2. The number of anilines is 2. The minimum atomic E-state index is -0.223. The van der Waals surface area contributed by atoms with E-state index in [0.717, 1.165) is 16.8 Å². The Kier molecular flexibility index (Phi) is 8.68. The van der Waals surface area contributed by atoms with Crippen LogP contribution in [0.3, 0.4) is 0 Å². The van der Waals surface area contributed by atoms with Gasteiger partial charge in [0.15, 0.2) is 0 Å². The molecular formula is C23H32N4O3. The van der Waals surface area contributed by atoms with Crippen molar-refractivity contribution in [2.75, 3.05) is 44.6 Å². The summed E-state index contributed by atoms with van der Waals surface area (Å²) in [5.41, 5.74) is 3.64. The average Bonchev–Trinajstić information content (AvgIpc) is 2.72. The van der Waals surface area contributed by atoms with Gasteiger partial charge in [-0.3, -0.25) is 4.79 Å². The Labute approximate surface area is 179 Å². The Morgan fingerprint density at radius 2 is 1.80 bits per heavy atom. The third-order valence-corrected chi connectivity index (χ3v) is 4.80. The molecule has 1 atom stereocenters. The number of carbonyl (C=O) groups is 2. The molecule has 7 heteroatoms. The maximum absolute atomic E-state index is 12.9. The Balaban J connectivity index is 2.38. The fourth-order valence-electron chi connectivity index (χ4n) is 3.29. The van der Waals surface area contributed by atoms with Gasteiger partial charge < -0.3 is 25.2 Å². The van der Waals surface area contributed by atoms with E-state index in [9.17, 15) is 9.59 Å². The number of hydrogen-bond donors (Lipinski definition) is 2. The van der Waals surface area contributed by atoms with Crippen molar-refractivity contribution in [3.05, 3.63) is 59.7 Å². The average molecular weight is 413 g/mol. The molecule has 30 heavy (non-hydrogen) atoms. The summed E-state index contributed by atoms with van der Waals surface area (Å²) in [7, 11) is 5.40. The highest BCUT2D eigenvalue weighted by Gasteiger charge is 2.23. The maximum atomic E-state index is 12.9. The van der Waals surface area contributed by atoms with Gasteiger partial charge in [0.2, 0.25) is 5.91 Å². The summed E-state index contributed by atoms with van der Waals surface area (Å²) >= 11 is 0. The zero-order valence-corrected chi connectivity index (χ0v) is 18.4. The fourth-order valence-corrected chi connectivity index (χ4v) is 3.29. The quantitative estimate of drug-likeness (QED) is 0.660. The third kappa shape index (κ3) is 6.22. The van der Waals surface area contributed by atoms with Crippen LogP contribution in [0.1, 0.15) is 31.0 Å². The van der Waals surface area contributed by atoms with Crippen molar-refractivity contribution in [2.45, 2.75) is 26.4 Å². The highest BCUT2D eigenvalue weighted by molar-refractivity contribution is 5.92. The summed E-state index contributed by atoms with van der Waals surface area (Å²) < 4.78 is 4.89. The second-order valence-electron chi connectivity index (χ2n) is 7.27. The molecule has 162 valence electrons. The van der Waals surface area contributed by atoms with Crippen LogP contribution in [-0.4, -0.2) is 51.2 Å². The lowest BCUT2D eigenvalue weighted by Crippen LogP contribution is -2.41. The lowest BCUT2D eigenvalue weighted by molar-refractivity contribution is -0.119. The SMILES string of the molecule is CCNC(=O)N(Cc1cc(NC(=O)COC)ccc1N(C)C)[C@H](C)c1ccccc1. The number of benzene rings is 2. The second kappa shape index (κ2) is 11.2. The van der Waals surface area contributed by atoms with Gasteiger partial charge in [0, 0.05) is 39.1 Å². The normalized spacial score (nSPS) is 11.5. The molecule has 0 aliphatic rings. The lowest BCUT2D eigenvalue weighted by atomic mass is 10.0. The molecule has 2 rings (SSSR count). The van der Waals surface area contributed by atoms with E-state index in [-0.39, 0.29) is 24.6 Å². The van der Waals surface area contributed by atoms with Gasteiger partial charge in [0.1, 0.15) is 6.61 Å². The number of hydrogen-bond acceptors (Lipinski definition) is 4. The van der Waals surface area contributed by atoms with Crippen molar-refractivity contribution in [1.29, 1.82) is 0 Å². The minimum Gasteiger partial charge on any atom is -0.377 e. The fraction of sp³-hybridized carbons (Fsp3) is 0.391. The third-order valence-electron chi connectivity index (χ3n) is 4.80. The smallest absolute Gasteiger partial charge is 0.318 e. The van der Waals surface area contributed by atoms with E-state index in [1.165, 1.54) is 7.11 Å². The van der Waals surface area contributed by atoms with E-state index >= 15 is 0 Å². The van der Waals surface area contributed by atoms with Gasteiger partial charge in [-0.1, -0.05) is 30.3 Å². The van der Waals surface area contributed by atoms with Gasteiger partial charge in [-0.05, 0) is 43.2 Å². The number of urea groups is 1. The maximum Gasteiger partial charge on any atom is 0.318 e. The summed E-state index contributed by atoms with van der Waals surface area (Å²) in [6.07, 6.45) is 0. The first kappa shape index (κ1) is 23.2. The topological polar surface area (TPSA) is 73.9 Å². The van der Waals surface area contributed by atoms with Gasteiger partial charge in [-0.2, -0.15) is 0 Å². The summed E-state index contributed by atoms with van der Waals surface area (Å²) in [6.45, 7) is 4.85. The van der Waals surface area contributed by atoms with Crippen LogP contribution in [0, 0.1) is 0 Å². The molecule has 0 unspecified atom stereocenters. The molecule has 2 aromatic rings. The predicted molar refractivity (Wildman–Crippen MR) is 121 cm³/mol. The molecule has 7 nitrogen and oxygen atoms in total. The molecule has 3 amide bonds. The molecule has 0 bridgehead atoms. The van der Waals surface area contributed by atoms with Crippen molar-refractivity contribution in [1.82, 2.24) is 10.2 Å². The highest BCUT2D eigenvalue weighted by atomic mass is 16.5. The van der Waals surface area contributed by atoms with Crippen molar-refractivity contribution in [2.24, 2.45) is 0 Å². The molecule has 0 heterocycles. The number of nitrogens with zero attached hydrogens (tertiary/aromatic N) is 2. The number of methoxy groups -OCH3 is 1. The summed E-state index contributed by atoms with van der Waals surface area (Å²) in [5, 5.41) is 5.75. The first-order valence-electron chi connectivity index (χ1n) is 10.1. The van der Waals surface area contributed by atoms with Crippen molar-refractivity contribution < 1.29 is 14.3 Å². The first-order chi connectivity index (χ1) is 14.4. The second-order valence-corrected chi connectivity index (χ2v) is 7.27. The molecule has 2 aromatic carbocycles. The monoisotopic (exact) mass is 412 g/mol. The van der Waals surface area contributed by atoms with E-state index in [4.69, 9.17) is 4.74 Å². The minimum absolute atomic E-state index is 0.0131. The number of ether oxygens (including phenoxy) is 1. The molecular weight excluding hydrogens is 380 g/mol. The lowest BCUT2D eigenvalue weighted by Gasteiger charge is -2.31. The van der Waals surface area contributed by atoms with Crippen LogP contribution in [0.2, 0.25) is 0 Å². The van der Waals surface area contributed by atoms with Crippen molar-refractivity contribution in [3.8, 4) is 0 Å². The summed E-state index contributed by atoms with van der Waals surface area (Å²) in [5.74, 6) is -0.223.